The second-order valence-corrected chi connectivity index (χ2v) is 6.55. The van der Waals surface area contributed by atoms with Crippen LogP contribution >= 0.6 is 0 Å². The van der Waals surface area contributed by atoms with Crippen LogP contribution in [-0.4, -0.2) is 13.3 Å². The van der Waals surface area contributed by atoms with Gasteiger partial charge in [0.25, 0.3) is 5.69 Å². The van der Waals surface area contributed by atoms with E-state index in [1.54, 1.807) is 0 Å². The van der Waals surface area contributed by atoms with Crippen LogP contribution in [0.1, 0.15) is 11.1 Å². The SMILES string of the molecule is O=[N+]([O-])c1ccc(/C=C/S(=O)(=O)c2ccc(C(F)(F)F)cc2)cc1. The molecule has 0 saturated heterocycles. The molecule has 0 fully saturated rings. The van der Waals surface area contributed by atoms with Crippen LogP contribution in [0, 0.1) is 10.1 Å². The van der Waals surface area contributed by atoms with Crippen LogP contribution in [0.2, 0.25) is 0 Å². The fourth-order valence-electron chi connectivity index (χ4n) is 1.79. The van der Waals surface area contributed by atoms with Crippen LogP contribution in [0.15, 0.2) is 58.8 Å². The van der Waals surface area contributed by atoms with Gasteiger partial charge >= 0.3 is 6.18 Å². The standard InChI is InChI=1S/C15H10F3NO4S/c16-15(17,18)12-3-7-14(8-4-12)24(22,23)10-9-11-1-5-13(6-2-11)19(20)21/h1-10H/b10-9+. The summed E-state index contributed by atoms with van der Waals surface area (Å²) in [6.07, 6.45) is -3.34. The highest BCUT2D eigenvalue weighted by atomic mass is 32.2. The molecule has 0 heterocycles. The summed E-state index contributed by atoms with van der Waals surface area (Å²) in [6.45, 7) is 0. The van der Waals surface area contributed by atoms with Gasteiger partial charge in [0.15, 0.2) is 9.84 Å². The summed E-state index contributed by atoms with van der Waals surface area (Å²) in [5, 5.41) is 11.4. The fraction of sp³-hybridized carbons (Fsp3) is 0.0667. The van der Waals surface area contributed by atoms with Crippen molar-refractivity contribution in [1.82, 2.24) is 0 Å². The van der Waals surface area contributed by atoms with Crippen LogP contribution in [0.5, 0.6) is 0 Å². The zero-order valence-corrected chi connectivity index (χ0v) is 12.7. The maximum atomic E-state index is 12.5. The minimum Gasteiger partial charge on any atom is -0.258 e. The Balaban J connectivity index is 2.22. The molecule has 0 atom stereocenters. The molecule has 0 aliphatic carbocycles. The molecule has 0 N–H and O–H groups in total. The molecule has 0 aromatic heterocycles. The minimum absolute atomic E-state index is 0.141. The second-order valence-electron chi connectivity index (χ2n) is 4.72. The molecule has 0 unspecified atom stereocenters. The number of hydrogen-bond acceptors (Lipinski definition) is 4. The summed E-state index contributed by atoms with van der Waals surface area (Å²) in [4.78, 5) is 9.65. The van der Waals surface area contributed by atoms with E-state index in [1.807, 2.05) is 0 Å². The van der Waals surface area contributed by atoms with Gasteiger partial charge in [0, 0.05) is 17.5 Å². The lowest BCUT2D eigenvalue weighted by molar-refractivity contribution is -0.384. The molecule has 0 saturated carbocycles. The number of non-ortho nitro benzene ring substituents is 1. The van der Waals surface area contributed by atoms with Gasteiger partial charge in [0.05, 0.1) is 15.4 Å². The Morgan fingerprint density at radius 1 is 0.958 bits per heavy atom. The van der Waals surface area contributed by atoms with E-state index in [0.29, 0.717) is 17.7 Å². The van der Waals surface area contributed by atoms with Crippen LogP contribution < -0.4 is 0 Å². The molecular weight excluding hydrogens is 347 g/mol. The largest absolute Gasteiger partial charge is 0.416 e. The first-order valence-electron chi connectivity index (χ1n) is 6.44. The van der Waals surface area contributed by atoms with Gasteiger partial charge in [0.2, 0.25) is 0 Å². The smallest absolute Gasteiger partial charge is 0.258 e. The first kappa shape index (κ1) is 17.7. The van der Waals surface area contributed by atoms with E-state index in [4.69, 9.17) is 0 Å². The van der Waals surface area contributed by atoms with Gasteiger partial charge in [-0.3, -0.25) is 10.1 Å². The van der Waals surface area contributed by atoms with E-state index < -0.39 is 26.5 Å². The third-order valence-electron chi connectivity index (χ3n) is 3.05. The summed E-state index contributed by atoms with van der Waals surface area (Å²) in [7, 11) is -3.93. The van der Waals surface area contributed by atoms with Gasteiger partial charge in [-0.15, -0.1) is 0 Å². The molecule has 0 spiro atoms. The maximum absolute atomic E-state index is 12.5. The summed E-state index contributed by atoms with van der Waals surface area (Å²) < 4.78 is 61.5. The molecule has 0 amide bonds. The Kier molecular flexibility index (Phi) is 4.74. The molecule has 2 aromatic rings. The van der Waals surface area contributed by atoms with Gasteiger partial charge in [-0.1, -0.05) is 0 Å². The van der Waals surface area contributed by atoms with Crippen molar-refractivity contribution in [1.29, 1.82) is 0 Å². The summed E-state index contributed by atoms with van der Waals surface area (Å²) >= 11 is 0. The third-order valence-corrected chi connectivity index (χ3v) is 4.48. The predicted molar refractivity (Wildman–Crippen MR) is 80.8 cm³/mol. The molecule has 0 bridgehead atoms. The van der Waals surface area contributed by atoms with Gasteiger partial charge in [-0.25, -0.2) is 8.42 Å². The summed E-state index contributed by atoms with van der Waals surface area (Å²) in [5.74, 6) is 0. The quantitative estimate of drug-likeness (QED) is 0.611. The van der Waals surface area contributed by atoms with Crippen molar-refractivity contribution in [3.63, 3.8) is 0 Å². The zero-order valence-electron chi connectivity index (χ0n) is 11.9. The monoisotopic (exact) mass is 357 g/mol. The first-order chi connectivity index (χ1) is 11.1. The first-order valence-corrected chi connectivity index (χ1v) is 7.99. The summed E-state index contributed by atoms with van der Waals surface area (Å²) in [5.41, 5.74) is -0.686. The molecule has 126 valence electrons. The molecular formula is C15H10F3NO4S. The molecule has 0 aliphatic rings. The third kappa shape index (κ3) is 4.19. The van der Waals surface area contributed by atoms with Crippen molar-refractivity contribution < 1.29 is 26.5 Å². The average molecular weight is 357 g/mol. The van der Waals surface area contributed by atoms with Crippen molar-refractivity contribution in [3.8, 4) is 0 Å². The van der Waals surface area contributed by atoms with Crippen molar-refractivity contribution in [3.05, 3.63) is 75.2 Å². The summed E-state index contributed by atoms with van der Waals surface area (Å²) in [6, 6.07) is 8.26. The van der Waals surface area contributed by atoms with Crippen molar-refractivity contribution in [2.75, 3.05) is 0 Å². The fourth-order valence-corrected chi connectivity index (χ4v) is 2.80. The average Bonchev–Trinajstić information content (AvgIpc) is 2.53. The Morgan fingerprint density at radius 3 is 1.96 bits per heavy atom. The molecule has 9 heteroatoms. The maximum Gasteiger partial charge on any atom is 0.416 e. The lowest BCUT2D eigenvalue weighted by Gasteiger charge is -2.06. The Labute approximate surface area is 135 Å². The number of benzene rings is 2. The van der Waals surface area contributed by atoms with Crippen molar-refractivity contribution in [2.45, 2.75) is 11.1 Å². The van der Waals surface area contributed by atoms with Gasteiger partial charge in [0.1, 0.15) is 0 Å². The highest BCUT2D eigenvalue weighted by molar-refractivity contribution is 7.94. The van der Waals surface area contributed by atoms with E-state index in [1.165, 1.54) is 30.3 Å². The Bertz CT molecular complexity index is 870. The van der Waals surface area contributed by atoms with Crippen LogP contribution in [-0.2, 0) is 16.0 Å². The molecule has 0 radical (unpaired) electrons. The van der Waals surface area contributed by atoms with Gasteiger partial charge in [-0.2, -0.15) is 13.2 Å². The van der Waals surface area contributed by atoms with Crippen LogP contribution in [0.4, 0.5) is 18.9 Å². The predicted octanol–water partition coefficient (Wildman–Crippen LogP) is 4.06. The molecule has 24 heavy (non-hydrogen) atoms. The van der Waals surface area contributed by atoms with Crippen molar-refractivity contribution in [2.24, 2.45) is 0 Å². The lowest BCUT2D eigenvalue weighted by atomic mass is 10.2. The highest BCUT2D eigenvalue weighted by Crippen LogP contribution is 2.30. The lowest BCUT2D eigenvalue weighted by Crippen LogP contribution is -2.05. The number of nitro groups is 1. The van der Waals surface area contributed by atoms with Crippen LogP contribution in [0.25, 0.3) is 6.08 Å². The molecule has 2 aromatic carbocycles. The number of alkyl halides is 3. The number of rotatable bonds is 4. The van der Waals surface area contributed by atoms with Crippen molar-refractivity contribution >= 4 is 21.6 Å². The topological polar surface area (TPSA) is 77.3 Å². The highest BCUT2D eigenvalue weighted by Gasteiger charge is 2.30. The van der Waals surface area contributed by atoms with Gasteiger partial charge < -0.3 is 0 Å². The van der Waals surface area contributed by atoms with E-state index in [0.717, 1.165) is 17.5 Å². The van der Waals surface area contributed by atoms with Crippen LogP contribution in [0.3, 0.4) is 0 Å². The zero-order chi connectivity index (χ0) is 18.0. The number of halogens is 3. The Morgan fingerprint density at radius 2 is 1.50 bits per heavy atom. The van der Waals surface area contributed by atoms with E-state index in [-0.39, 0.29) is 10.6 Å². The van der Waals surface area contributed by atoms with E-state index in [2.05, 4.69) is 0 Å². The number of nitro benzene ring substituents is 1. The van der Waals surface area contributed by atoms with E-state index in [9.17, 15) is 31.7 Å². The number of sulfone groups is 1. The van der Waals surface area contributed by atoms with Gasteiger partial charge in [-0.05, 0) is 48.0 Å². The number of nitrogens with zero attached hydrogens (tertiary/aromatic N) is 1. The molecule has 5 nitrogen and oxygen atoms in total. The Hall–Kier alpha value is -2.68. The second kappa shape index (κ2) is 6.44. The van der Waals surface area contributed by atoms with E-state index >= 15 is 0 Å². The number of hydrogen-bond donors (Lipinski definition) is 0. The molecule has 0 aliphatic heterocycles. The minimum atomic E-state index is -4.54. The molecule has 2 rings (SSSR count). The normalized spacial score (nSPS) is 12.5.